The zero-order chi connectivity index (χ0) is 16.3. The molecule has 0 aromatic heterocycles. The summed E-state index contributed by atoms with van der Waals surface area (Å²) >= 11 is 0. The van der Waals surface area contributed by atoms with E-state index >= 15 is 0 Å². The zero-order valence-corrected chi connectivity index (χ0v) is 13.2. The quantitative estimate of drug-likeness (QED) is 0.683. The maximum atomic E-state index is 9.74. The van der Waals surface area contributed by atoms with Gasteiger partial charge in [0, 0.05) is 7.11 Å². The van der Waals surface area contributed by atoms with E-state index in [1.807, 2.05) is 42.5 Å². The Morgan fingerprint density at radius 1 is 0.826 bits per heavy atom. The molecule has 0 aliphatic rings. The van der Waals surface area contributed by atoms with Crippen LogP contribution in [-0.4, -0.2) is 44.7 Å². The monoisotopic (exact) mass is 318 g/mol. The number of benzene rings is 2. The van der Waals surface area contributed by atoms with Crippen molar-refractivity contribution in [2.75, 3.05) is 33.5 Å². The van der Waals surface area contributed by atoms with Crippen molar-refractivity contribution in [3.8, 4) is 17.2 Å². The minimum absolute atomic E-state index is 0.172. The number of aliphatic hydroxyl groups is 1. The van der Waals surface area contributed by atoms with Crippen LogP contribution in [-0.2, 0) is 9.47 Å². The average molecular weight is 318 g/mol. The summed E-state index contributed by atoms with van der Waals surface area (Å²) in [5, 5.41) is 9.74. The fraction of sp³-hybridized carbons (Fsp3) is 0.333. The zero-order valence-electron chi connectivity index (χ0n) is 13.2. The van der Waals surface area contributed by atoms with E-state index in [1.165, 1.54) is 0 Å². The molecule has 23 heavy (non-hydrogen) atoms. The lowest BCUT2D eigenvalue weighted by atomic mass is 10.3. The molecule has 0 amide bonds. The molecule has 0 saturated heterocycles. The molecule has 2 aromatic carbocycles. The molecule has 2 aromatic rings. The average Bonchev–Trinajstić information content (AvgIpc) is 2.59. The van der Waals surface area contributed by atoms with Crippen molar-refractivity contribution < 1.29 is 24.1 Å². The number of methoxy groups -OCH3 is 1. The molecule has 1 N–H and O–H groups in total. The third kappa shape index (κ3) is 6.69. The predicted octanol–water partition coefficient (Wildman–Crippen LogP) is 2.88. The van der Waals surface area contributed by atoms with Gasteiger partial charge in [-0.2, -0.15) is 0 Å². The molecule has 0 heterocycles. The van der Waals surface area contributed by atoms with Gasteiger partial charge < -0.3 is 24.1 Å². The van der Waals surface area contributed by atoms with E-state index in [2.05, 4.69) is 0 Å². The summed E-state index contributed by atoms with van der Waals surface area (Å²) in [5.41, 5.74) is 0. The van der Waals surface area contributed by atoms with E-state index in [0.29, 0.717) is 19.0 Å². The van der Waals surface area contributed by atoms with Gasteiger partial charge in [0.05, 0.1) is 19.8 Å². The van der Waals surface area contributed by atoms with Crippen LogP contribution >= 0.6 is 0 Å². The normalized spacial score (nSPS) is 11.9. The predicted molar refractivity (Wildman–Crippen MR) is 87.2 cm³/mol. The van der Waals surface area contributed by atoms with Crippen molar-refractivity contribution in [1.29, 1.82) is 0 Å². The van der Waals surface area contributed by atoms with E-state index < -0.39 is 6.10 Å². The lowest BCUT2D eigenvalue weighted by Crippen LogP contribution is -2.24. The van der Waals surface area contributed by atoms with Gasteiger partial charge in [0.25, 0.3) is 0 Å². The van der Waals surface area contributed by atoms with Gasteiger partial charge in [-0.3, -0.25) is 0 Å². The highest BCUT2D eigenvalue weighted by atomic mass is 16.5. The Morgan fingerprint density at radius 2 is 1.48 bits per heavy atom. The van der Waals surface area contributed by atoms with Crippen LogP contribution in [0.15, 0.2) is 54.6 Å². The second-order valence-electron chi connectivity index (χ2n) is 4.92. The van der Waals surface area contributed by atoms with Crippen molar-refractivity contribution >= 4 is 0 Å². The standard InChI is InChI=1S/C18H22O5/c1-20-11-12-21-13-15(19)14-22-16-7-9-18(10-8-16)23-17-5-3-2-4-6-17/h2-10,15,19H,11-14H2,1H3. The highest BCUT2D eigenvalue weighted by Crippen LogP contribution is 2.23. The molecule has 124 valence electrons. The summed E-state index contributed by atoms with van der Waals surface area (Å²) in [6, 6.07) is 16.8. The summed E-state index contributed by atoms with van der Waals surface area (Å²) in [6.45, 7) is 1.36. The van der Waals surface area contributed by atoms with Crippen molar-refractivity contribution in [2.45, 2.75) is 6.10 Å². The summed E-state index contributed by atoms with van der Waals surface area (Å²) < 4.78 is 21.3. The molecule has 5 heteroatoms. The Labute approximate surface area is 136 Å². The van der Waals surface area contributed by atoms with Crippen molar-refractivity contribution in [3.63, 3.8) is 0 Å². The van der Waals surface area contributed by atoms with E-state index in [1.54, 1.807) is 19.2 Å². The molecule has 0 spiro atoms. The molecular formula is C18H22O5. The van der Waals surface area contributed by atoms with Gasteiger partial charge in [0.15, 0.2) is 0 Å². The Bertz CT molecular complexity index is 541. The fourth-order valence-corrected chi connectivity index (χ4v) is 1.83. The molecule has 0 bridgehead atoms. The molecule has 1 atom stereocenters. The number of para-hydroxylation sites is 1. The van der Waals surface area contributed by atoms with E-state index in [4.69, 9.17) is 18.9 Å². The van der Waals surface area contributed by atoms with Gasteiger partial charge in [0.1, 0.15) is 30.0 Å². The van der Waals surface area contributed by atoms with Crippen molar-refractivity contribution in [1.82, 2.24) is 0 Å². The molecule has 5 nitrogen and oxygen atoms in total. The topological polar surface area (TPSA) is 57.2 Å². The van der Waals surface area contributed by atoms with E-state index in [-0.39, 0.29) is 13.2 Å². The second-order valence-corrected chi connectivity index (χ2v) is 4.92. The number of aliphatic hydroxyl groups excluding tert-OH is 1. The van der Waals surface area contributed by atoms with Gasteiger partial charge in [-0.1, -0.05) is 18.2 Å². The lowest BCUT2D eigenvalue weighted by molar-refractivity contribution is -0.00419. The van der Waals surface area contributed by atoms with Gasteiger partial charge in [-0.05, 0) is 36.4 Å². The Hall–Kier alpha value is -2.08. The number of rotatable bonds is 10. The molecule has 2 rings (SSSR count). The molecule has 0 saturated carbocycles. The minimum atomic E-state index is -0.674. The van der Waals surface area contributed by atoms with Gasteiger partial charge in [-0.25, -0.2) is 0 Å². The molecule has 1 unspecified atom stereocenters. The lowest BCUT2D eigenvalue weighted by Gasteiger charge is -2.13. The van der Waals surface area contributed by atoms with Crippen molar-refractivity contribution in [3.05, 3.63) is 54.6 Å². The molecule has 0 fully saturated rings. The van der Waals surface area contributed by atoms with Crippen LogP contribution < -0.4 is 9.47 Å². The van der Waals surface area contributed by atoms with Crippen LogP contribution in [0.5, 0.6) is 17.2 Å². The SMILES string of the molecule is COCCOCC(O)COc1ccc(Oc2ccccc2)cc1. The van der Waals surface area contributed by atoms with Crippen LogP contribution in [0.2, 0.25) is 0 Å². The third-order valence-electron chi connectivity index (χ3n) is 2.99. The fourth-order valence-electron chi connectivity index (χ4n) is 1.83. The van der Waals surface area contributed by atoms with Crippen LogP contribution in [0.1, 0.15) is 0 Å². The molecular weight excluding hydrogens is 296 g/mol. The van der Waals surface area contributed by atoms with Gasteiger partial charge in [-0.15, -0.1) is 0 Å². The first kappa shape index (κ1) is 17.3. The maximum Gasteiger partial charge on any atom is 0.127 e. The van der Waals surface area contributed by atoms with Crippen LogP contribution in [0.25, 0.3) is 0 Å². The molecule has 0 aliphatic heterocycles. The van der Waals surface area contributed by atoms with Gasteiger partial charge in [0.2, 0.25) is 0 Å². The highest BCUT2D eigenvalue weighted by Gasteiger charge is 2.06. The van der Waals surface area contributed by atoms with Gasteiger partial charge >= 0.3 is 0 Å². The van der Waals surface area contributed by atoms with Crippen molar-refractivity contribution in [2.24, 2.45) is 0 Å². The van der Waals surface area contributed by atoms with Crippen LogP contribution in [0.3, 0.4) is 0 Å². The summed E-state index contributed by atoms with van der Waals surface area (Å²) in [4.78, 5) is 0. The highest BCUT2D eigenvalue weighted by molar-refractivity contribution is 5.35. The first-order valence-electron chi connectivity index (χ1n) is 7.48. The summed E-state index contributed by atoms with van der Waals surface area (Å²) in [6.07, 6.45) is -0.674. The number of hydrogen-bond donors (Lipinski definition) is 1. The molecule has 0 aliphatic carbocycles. The third-order valence-corrected chi connectivity index (χ3v) is 2.99. The smallest absolute Gasteiger partial charge is 0.127 e. The summed E-state index contributed by atoms with van der Waals surface area (Å²) in [5.74, 6) is 2.18. The largest absolute Gasteiger partial charge is 0.491 e. The second kappa shape index (κ2) is 9.84. The first-order valence-corrected chi connectivity index (χ1v) is 7.48. The number of ether oxygens (including phenoxy) is 4. The van der Waals surface area contributed by atoms with Crippen LogP contribution in [0.4, 0.5) is 0 Å². The Morgan fingerprint density at radius 3 is 2.17 bits per heavy atom. The minimum Gasteiger partial charge on any atom is -0.491 e. The van der Waals surface area contributed by atoms with E-state index in [0.717, 1.165) is 11.5 Å². The Kier molecular flexibility index (Phi) is 7.39. The van der Waals surface area contributed by atoms with E-state index in [9.17, 15) is 5.11 Å². The van der Waals surface area contributed by atoms with Crippen LogP contribution in [0, 0.1) is 0 Å². The molecule has 0 radical (unpaired) electrons. The summed E-state index contributed by atoms with van der Waals surface area (Å²) in [7, 11) is 1.61. The maximum absolute atomic E-state index is 9.74. The Balaban J connectivity index is 1.72. The number of hydrogen-bond acceptors (Lipinski definition) is 5. The first-order chi connectivity index (χ1) is 11.3.